The van der Waals surface area contributed by atoms with Gasteiger partial charge in [0.15, 0.2) is 0 Å². The third-order valence-electron chi connectivity index (χ3n) is 2.72. The van der Waals surface area contributed by atoms with Crippen molar-refractivity contribution >= 4 is 27.5 Å². The Morgan fingerprint density at radius 2 is 2.20 bits per heavy atom. The monoisotopic (exact) mass is 285 g/mol. The molecule has 0 amide bonds. The van der Waals surface area contributed by atoms with Gasteiger partial charge in [0.2, 0.25) is 0 Å². The standard InChI is InChI=1S/C11H9BrClNO/c1-15-10-4-7(9(13)5-8(10)12)11(6-14)2-3-11/h4-5H,2-3H2,1H3. The molecule has 0 aromatic heterocycles. The zero-order chi connectivity index (χ0) is 11.1. The molecule has 0 radical (unpaired) electrons. The second-order valence-corrected chi connectivity index (χ2v) is 4.92. The topological polar surface area (TPSA) is 33.0 Å². The summed E-state index contributed by atoms with van der Waals surface area (Å²) in [6, 6.07) is 5.96. The number of halogens is 2. The molecule has 1 aromatic carbocycles. The Morgan fingerprint density at radius 1 is 1.53 bits per heavy atom. The number of rotatable bonds is 2. The Bertz CT molecular complexity index is 449. The normalized spacial score (nSPS) is 16.9. The highest BCUT2D eigenvalue weighted by atomic mass is 79.9. The van der Waals surface area contributed by atoms with Crippen LogP contribution in [0.4, 0.5) is 0 Å². The number of nitriles is 1. The summed E-state index contributed by atoms with van der Waals surface area (Å²) in [5, 5.41) is 9.73. The lowest BCUT2D eigenvalue weighted by Crippen LogP contribution is -2.04. The number of nitrogens with zero attached hydrogens (tertiary/aromatic N) is 1. The van der Waals surface area contributed by atoms with Crippen LogP contribution in [-0.2, 0) is 5.41 Å². The molecule has 1 aliphatic carbocycles. The molecular formula is C11H9BrClNO. The molecule has 0 N–H and O–H groups in total. The SMILES string of the molecule is COc1cc(C2(C#N)CC2)c(Cl)cc1Br. The minimum atomic E-state index is -0.370. The molecule has 1 fully saturated rings. The van der Waals surface area contributed by atoms with Gasteiger partial charge in [-0.2, -0.15) is 5.26 Å². The lowest BCUT2D eigenvalue weighted by molar-refractivity contribution is 0.411. The van der Waals surface area contributed by atoms with Crippen LogP contribution in [0.3, 0.4) is 0 Å². The van der Waals surface area contributed by atoms with Gasteiger partial charge in [0.05, 0.1) is 23.1 Å². The van der Waals surface area contributed by atoms with Crippen LogP contribution < -0.4 is 4.74 Å². The number of benzene rings is 1. The highest BCUT2D eigenvalue weighted by molar-refractivity contribution is 9.10. The van der Waals surface area contributed by atoms with Gasteiger partial charge in [0.25, 0.3) is 0 Å². The Hall–Kier alpha value is -0.720. The van der Waals surface area contributed by atoms with E-state index in [2.05, 4.69) is 22.0 Å². The van der Waals surface area contributed by atoms with Crippen molar-refractivity contribution in [1.82, 2.24) is 0 Å². The second-order valence-electron chi connectivity index (χ2n) is 3.66. The Morgan fingerprint density at radius 3 is 2.67 bits per heavy atom. The average molecular weight is 287 g/mol. The Labute approximate surface area is 102 Å². The van der Waals surface area contributed by atoms with E-state index in [1.54, 1.807) is 13.2 Å². The maximum atomic E-state index is 9.11. The van der Waals surface area contributed by atoms with Crippen LogP contribution in [0.2, 0.25) is 5.02 Å². The van der Waals surface area contributed by atoms with Gasteiger partial charge in [0.1, 0.15) is 5.75 Å². The number of ether oxygens (including phenoxy) is 1. The fraction of sp³-hybridized carbons (Fsp3) is 0.364. The number of hydrogen-bond acceptors (Lipinski definition) is 2. The molecule has 0 saturated heterocycles. The second kappa shape index (κ2) is 3.70. The van der Waals surface area contributed by atoms with E-state index in [4.69, 9.17) is 21.6 Å². The maximum absolute atomic E-state index is 9.11. The lowest BCUT2D eigenvalue weighted by atomic mass is 9.97. The van der Waals surface area contributed by atoms with Crippen LogP contribution in [0, 0.1) is 11.3 Å². The highest BCUT2D eigenvalue weighted by Gasteiger charge is 2.46. The molecule has 0 unspecified atom stereocenters. The average Bonchev–Trinajstić information content (AvgIpc) is 2.99. The van der Waals surface area contributed by atoms with E-state index in [-0.39, 0.29) is 5.41 Å². The summed E-state index contributed by atoms with van der Waals surface area (Å²) in [5.41, 5.74) is 0.511. The van der Waals surface area contributed by atoms with Crippen molar-refractivity contribution in [2.75, 3.05) is 7.11 Å². The van der Waals surface area contributed by atoms with Crippen LogP contribution in [0.25, 0.3) is 0 Å². The number of hydrogen-bond donors (Lipinski definition) is 0. The van der Waals surface area contributed by atoms with E-state index in [1.165, 1.54) is 0 Å². The van der Waals surface area contributed by atoms with E-state index < -0.39 is 0 Å². The first-order valence-corrected chi connectivity index (χ1v) is 5.75. The van der Waals surface area contributed by atoms with Gasteiger partial charge >= 0.3 is 0 Å². The predicted octanol–water partition coefficient (Wildman–Crippen LogP) is 3.67. The zero-order valence-electron chi connectivity index (χ0n) is 8.18. The summed E-state index contributed by atoms with van der Waals surface area (Å²) in [7, 11) is 1.60. The molecule has 0 heterocycles. The summed E-state index contributed by atoms with van der Waals surface area (Å²) < 4.78 is 6.01. The molecule has 1 saturated carbocycles. The van der Waals surface area contributed by atoms with Gasteiger partial charge < -0.3 is 4.74 Å². The van der Waals surface area contributed by atoms with Gasteiger partial charge in [-0.05, 0) is 46.5 Å². The summed E-state index contributed by atoms with van der Waals surface area (Å²) in [6.07, 6.45) is 1.77. The summed E-state index contributed by atoms with van der Waals surface area (Å²) in [5.74, 6) is 0.718. The molecule has 1 aliphatic rings. The van der Waals surface area contributed by atoms with E-state index in [0.29, 0.717) is 5.02 Å². The van der Waals surface area contributed by atoms with Gasteiger partial charge in [-0.3, -0.25) is 0 Å². The third-order valence-corrected chi connectivity index (χ3v) is 3.65. The molecule has 4 heteroatoms. The van der Waals surface area contributed by atoms with Gasteiger partial charge in [-0.15, -0.1) is 0 Å². The molecule has 15 heavy (non-hydrogen) atoms. The Balaban J connectivity index is 2.54. The third kappa shape index (κ3) is 1.73. The molecule has 0 spiro atoms. The van der Waals surface area contributed by atoms with Crippen molar-refractivity contribution in [3.05, 3.63) is 27.2 Å². The van der Waals surface area contributed by atoms with Crippen LogP contribution in [0.15, 0.2) is 16.6 Å². The molecule has 1 aromatic rings. The van der Waals surface area contributed by atoms with Crippen molar-refractivity contribution in [2.24, 2.45) is 0 Å². The van der Waals surface area contributed by atoms with Crippen LogP contribution in [-0.4, -0.2) is 7.11 Å². The van der Waals surface area contributed by atoms with Crippen molar-refractivity contribution in [3.63, 3.8) is 0 Å². The highest BCUT2D eigenvalue weighted by Crippen LogP contribution is 2.51. The van der Waals surface area contributed by atoms with Crippen molar-refractivity contribution in [1.29, 1.82) is 5.26 Å². The first-order valence-electron chi connectivity index (χ1n) is 4.58. The molecule has 2 nitrogen and oxygen atoms in total. The molecule has 2 rings (SSSR count). The maximum Gasteiger partial charge on any atom is 0.133 e. The predicted molar refractivity (Wildman–Crippen MR) is 62.2 cm³/mol. The van der Waals surface area contributed by atoms with E-state index in [0.717, 1.165) is 28.6 Å². The Kier molecular flexibility index (Phi) is 2.66. The minimum Gasteiger partial charge on any atom is -0.496 e. The van der Waals surface area contributed by atoms with Crippen molar-refractivity contribution < 1.29 is 4.74 Å². The fourth-order valence-electron chi connectivity index (χ4n) is 1.62. The molecule has 78 valence electrons. The molecule has 0 aliphatic heterocycles. The van der Waals surface area contributed by atoms with Gasteiger partial charge in [0, 0.05) is 5.02 Å². The van der Waals surface area contributed by atoms with Gasteiger partial charge in [-0.1, -0.05) is 11.6 Å². The minimum absolute atomic E-state index is 0.370. The number of methoxy groups -OCH3 is 1. The largest absolute Gasteiger partial charge is 0.496 e. The summed E-state index contributed by atoms with van der Waals surface area (Å²) in [6.45, 7) is 0. The summed E-state index contributed by atoms with van der Waals surface area (Å²) >= 11 is 9.48. The van der Waals surface area contributed by atoms with Gasteiger partial charge in [-0.25, -0.2) is 0 Å². The van der Waals surface area contributed by atoms with Crippen LogP contribution >= 0.6 is 27.5 Å². The lowest BCUT2D eigenvalue weighted by Gasteiger charge is -2.12. The fourth-order valence-corrected chi connectivity index (χ4v) is 2.60. The summed E-state index contributed by atoms with van der Waals surface area (Å²) in [4.78, 5) is 0. The van der Waals surface area contributed by atoms with E-state index in [9.17, 15) is 0 Å². The molecule has 0 atom stereocenters. The van der Waals surface area contributed by atoms with E-state index in [1.807, 2.05) is 6.07 Å². The molecule has 0 bridgehead atoms. The van der Waals surface area contributed by atoms with E-state index >= 15 is 0 Å². The smallest absolute Gasteiger partial charge is 0.133 e. The van der Waals surface area contributed by atoms with Crippen LogP contribution in [0.5, 0.6) is 5.75 Å². The van der Waals surface area contributed by atoms with Crippen molar-refractivity contribution in [3.8, 4) is 11.8 Å². The first kappa shape index (κ1) is 10.8. The first-order chi connectivity index (χ1) is 7.13. The van der Waals surface area contributed by atoms with Crippen molar-refractivity contribution in [2.45, 2.75) is 18.3 Å². The molecular weight excluding hydrogens is 277 g/mol. The zero-order valence-corrected chi connectivity index (χ0v) is 10.5. The quantitative estimate of drug-likeness (QED) is 0.831. The van der Waals surface area contributed by atoms with Crippen LogP contribution in [0.1, 0.15) is 18.4 Å².